The maximum absolute atomic E-state index is 13.7. The number of benzene rings is 2. The van der Waals surface area contributed by atoms with Crippen molar-refractivity contribution in [3.8, 4) is 0 Å². The molecule has 0 atom stereocenters. The fourth-order valence-corrected chi connectivity index (χ4v) is 3.63. The van der Waals surface area contributed by atoms with Crippen LogP contribution in [-0.2, 0) is 18.4 Å². The number of fused-ring (bicyclic) bond motifs is 1. The highest BCUT2D eigenvalue weighted by atomic mass is 19.1. The van der Waals surface area contributed by atoms with Crippen molar-refractivity contribution >= 4 is 22.6 Å². The number of imidazole rings is 1. The zero-order valence-corrected chi connectivity index (χ0v) is 16.2. The van der Waals surface area contributed by atoms with Crippen LogP contribution in [0.25, 0.3) is 11.0 Å². The first kappa shape index (κ1) is 19.5. The van der Waals surface area contributed by atoms with Gasteiger partial charge in [0.25, 0.3) is 0 Å². The molecule has 4 rings (SSSR count). The number of hydrogen-bond acceptors (Lipinski definition) is 4. The zero-order chi connectivity index (χ0) is 20.4. The molecule has 29 heavy (non-hydrogen) atoms. The standard InChI is InChI=1S/C21H23F2N5O/c1-26-19-5-3-2-4-18(19)24-20(26)13-27-8-10-28(11-9-27)14-21(29)25-17-7-6-15(22)12-16(17)23/h2-7,12H,8-11,13-14H2,1H3,(H,25,29). The number of hydrogen-bond donors (Lipinski definition) is 1. The molecule has 8 heteroatoms. The van der Waals surface area contributed by atoms with Crippen LogP contribution in [0.3, 0.4) is 0 Å². The van der Waals surface area contributed by atoms with Crippen molar-refractivity contribution in [2.45, 2.75) is 6.54 Å². The molecule has 6 nitrogen and oxygen atoms in total. The summed E-state index contributed by atoms with van der Waals surface area (Å²) in [6.07, 6.45) is 0. The molecule has 1 amide bonds. The second kappa shape index (κ2) is 8.26. The van der Waals surface area contributed by atoms with E-state index in [1.54, 1.807) is 0 Å². The van der Waals surface area contributed by atoms with Crippen molar-refractivity contribution in [3.63, 3.8) is 0 Å². The summed E-state index contributed by atoms with van der Waals surface area (Å²) in [5.41, 5.74) is 2.11. The Morgan fingerprint density at radius 2 is 1.79 bits per heavy atom. The predicted molar refractivity (Wildman–Crippen MR) is 107 cm³/mol. The van der Waals surface area contributed by atoms with Crippen molar-refractivity contribution in [2.24, 2.45) is 7.05 Å². The summed E-state index contributed by atoms with van der Waals surface area (Å²) in [6, 6.07) is 11.2. The predicted octanol–water partition coefficient (Wildman–Crippen LogP) is 2.61. The monoisotopic (exact) mass is 399 g/mol. The molecule has 1 aliphatic rings. The number of piperazine rings is 1. The molecule has 1 fully saturated rings. The first-order valence-corrected chi connectivity index (χ1v) is 9.59. The lowest BCUT2D eigenvalue weighted by atomic mass is 10.2. The summed E-state index contributed by atoms with van der Waals surface area (Å²) in [5, 5.41) is 2.51. The number of amides is 1. The highest BCUT2D eigenvalue weighted by molar-refractivity contribution is 5.92. The molecular weight excluding hydrogens is 376 g/mol. The molecular formula is C21H23F2N5O. The molecule has 1 N–H and O–H groups in total. The summed E-state index contributed by atoms with van der Waals surface area (Å²) >= 11 is 0. The number of aryl methyl sites for hydroxylation is 1. The fourth-order valence-electron chi connectivity index (χ4n) is 3.63. The fraction of sp³-hybridized carbons (Fsp3) is 0.333. The van der Waals surface area contributed by atoms with Crippen LogP contribution >= 0.6 is 0 Å². The van der Waals surface area contributed by atoms with Gasteiger partial charge in [0, 0.05) is 39.3 Å². The van der Waals surface area contributed by atoms with Gasteiger partial charge in [0.05, 0.1) is 29.8 Å². The third kappa shape index (κ3) is 4.44. The maximum atomic E-state index is 13.7. The average molecular weight is 399 g/mol. The van der Waals surface area contributed by atoms with Crippen LogP contribution in [0, 0.1) is 11.6 Å². The number of carbonyl (C=O) groups excluding carboxylic acids is 1. The van der Waals surface area contributed by atoms with Gasteiger partial charge in [0.1, 0.15) is 17.5 Å². The molecule has 0 radical (unpaired) electrons. The highest BCUT2D eigenvalue weighted by Crippen LogP contribution is 2.17. The van der Waals surface area contributed by atoms with E-state index < -0.39 is 11.6 Å². The van der Waals surface area contributed by atoms with Crippen LogP contribution in [0.2, 0.25) is 0 Å². The molecule has 0 spiro atoms. The second-order valence-electron chi connectivity index (χ2n) is 7.30. The third-order valence-electron chi connectivity index (χ3n) is 5.28. The lowest BCUT2D eigenvalue weighted by Gasteiger charge is -2.34. The molecule has 0 bridgehead atoms. The normalized spacial score (nSPS) is 15.7. The lowest BCUT2D eigenvalue weighted by molar-refractivity contribution is -0.117. The first-order chi connectivity index (χ1) is 14.0. The van der Waals surface area contributed by atoms with E-state index in [0.29, 0.717) is 0 Å². The van der Waals surface area contributed by atoms with Gasteiger partial charge in [-0.1, -0.05) is 12.1 Å². The zero-order valence-electron chi connectivity index (χ0n) is 16.2. The minimum absolute atomic E-state index is 0.00288. The summed E-state index contributed by atoms with van der Waals surface area (Å²) in [5.74, 6) is -0.730. The lowest BCUT2D eigenvalue weighted by Crippen LogP contribution is -2.48. The largest absolute Gasteiger partial charge is 0.330 e. The molecule has 3 aromatic rings. The maximum Gasteiger partial charge on any atom is 0.238 e. The first-order valence-electron chi connectivity index (χ1n) is 9.59. The van der Waals surface area contributed by atoms with Gasteiger partial charge in [-0.3, -0.25) is 14.6 Å². The van der Waals surface area contributed by atoms with E-state index in [-0.39, 0.29) is 18.1 Å². The van der Waals surface area contributed by atoms with E-state index in [0.717, 1.165) is 61.7 Å². The Morgan fingerprint density at radius 1 is 1.07 bits per heavy atom. The van der Waals surface area contributed by atoms with E-state index in [1.165, 1.54) is 6.07 Å². The van der Waals surface area contributed by atoms with Crippen LogP contribution in [0.15, 0.2) is 42.5 Å². The Balaban J connectivity index is 1.29. The number of nitrogens with zero attached hydrogens (tertiary/aromatic N) is 4. The number of aromatic nitrogens is 2. The molecule has 1 aliphatic heterocycles. The van der Waals surface area contributed by atoms with Crippen LogP contribution in [0.5, 0.6) is 0 Å². The summed E-state index contributed by atoms with van der Waals surface area (Å²) in [7, 11) is 2.03. The summed E-state index contributed by atoms with van der Waals surface area (Å²) in [4.78, 5) is 21.3. The Hall–Kier alpha value is -2.84. The topological polar surface area (TPSA) is 53.4 Å². The van der Waals surface area contributed by atoms with Gasteiger partial charge in [-0.05, 0) is 24.3 Å². The average Bonchev–Trinajstić information content (AvgIpc) is 3.01. The Morgan fingerprint density at radius 3 is 2.52 bits per heavy atom. The van der Waals surface area contributed by atoms with Gasteiger partial charge in [-0.2, -0.15) is 0 Å². The number of rotatable bonds is 5. The van der Waals surface area contributed by atoms with Gasteiger partial charge in [-0.25, -0.2) is 13.8 Å². The van der Waals surface area contributed by atoms with Crippen LogP contribution < -0.4 is 5.32 Å². The second-order valence-corrected chi connectivity index (χ2v) is 7.30. The minimum Gasteiger partial charge on any atom is -0.330 e. The number of carbonyl (C=O) groups is 1. The van der Waals surface area contributed by atoms with Gasteiger partial charge in [-0.15, -0.1) is 0 Å². The smallest absolute Gasteiger partial charge is 0.238 e. The molecule has 0 aliphatic carbocycles. The number of anilines is 1. The SMILES string of the molecule is Cn1c(CN2CCN(CC(=O)Nc3ccc(F)cc3F)CC2)nc2ccccc21. The van der Waals surface area contributed by atoms with Crippen LogP contribution in [0.4, 0.5) is 14.5 Å². The van der Waals surface area contributed by atoms with E-state index in [4.69, 9.17) is 4.98 Å². The van der Waals surface area contributed by atoms with Crippen molar-refractivity contribution < 1.29 is 13.6 Å². The summed E-state index contributed by atoms with van der Waals surface area (Å²) < 4.78 is 28.8. The molecule has 2 heterocycles. The van der Waals surface area contributed by atoms with Gasteiger partial charge in [0.15, 0.2) is 0 Å². The van der Waals surface area contributed by atoms with Crippen LogP contribution in [-0.4, -0.2) is 58.0 Å². The van der Waals surface area contributed by atoms with Crippen molar-refractivity contribution in [1.82, 2.24) is 19.4 Å². The van der Waals surface area contributed by atoms with E-state index in [9.17, 15) is 13.6 Å². The van der Waals surface area contributed by atoms with Gasteiger partial charge < -0.3 is 9.88 Å². The molecule has 2 aromatic carbocycles. The Bertz CT molecular complexity index is 1030. The quantitative estimate of drug-likeness (QED) is 0.717. The number of para-hydroxylation sites is 2. The molecule has 1 aromatic heterocycles. The van der Waals surface area contributed by atoms with Gasteiger partial charge >= 0.3 is 0 Å². The number of halogens is 2. The van der Waals surface area contributed by atoms with E-state index in [2.05, 4.69) is 20.9 Å². The van der Waals surface area contributed by atoms with Crippen LogP contribution in [0.1, 0.15) is 5.82 Å². The summed E-state index contributed by atoms with van der Waals surface area (Å²) in [6.45, 7) is 4.05. The van der Waals surface area contributed by atoms with E-state index in [1.807, 2.05) is 30.1 Å². The van der Waals surface area contributed by atoms with Crippen molar-refractivity contribution in [1.29, 1.82) is 0 Å². The van der Waals surface area contributed by atoms with E-state index >= 15 is 0 Å². The number of nitrogens with one attached hydrogen (secondary N) is 1. The van der Waals surface area contributed by atoms with Crippen molar-refractivity contribution in [3.05, 3.63) is 59.9 Å². The molecule has 0 unspecified atom stereocenters. The van der Waals surface area contributed by atoms with Gasteiger partial charge in [0.2, 0.25) is 5.91 Å². The minimum atomic E-state index is -0.773. The third-order valence-corrected chi connectivity index (χ3v) is 5.28. The highest BCUT2D eigenvalue weighted by Gasteiger charge is 2.21. The molecule has 0 saturated carbocycles. The Kier molecular flexibility index (Phi) is 5.55. The Labute approximate surface area is 167 Å². The van der Waals surface area contributed by atoms with Crippen molar-refractivity contribution in [2.75, 3.05) is 38.0 Å². The molecule has 1 saturated heterocycles. The molecule has 152 valence electrons.